The van der Waals surface area contributed by atoms with Crippen LogP contribution in [0.1, 0.15) is 52.7 Å². The summed E-state index contributed by atoms with van der Waals surface area (Å²) in [5.74, 6) is 1.44. The normalized spacial score (nSPS) is 13.0. The van der Waals surface area contributed by atoms with Crippen molar-refractivity contribution in [2.24, 2.45) is 5.92 Å². The molecule has 27 heavy (non-hydrogen) atoms. The first-order valence-corrected chi connectivity index (χ1v) is 10.0. The lowest BCUT2D eigenvalue weighted by molar-refractivity contribution is -0.121. The van der Waals surface area contributed by atoms with Crippen LogP contribution in [0.5, 0.6) is 5.75 Å². The van der Waals surface area contributed by atoms with Crippen LogP contribution in [0.3, 0.4) is 0 Å². The number of aromatic nitrogens is 1. The Morgan fingerprint density at radius 1 is 1.07 bits per heavy atom. The molecule has 4 heteroatoms. The molecule has 1 aromatic carbocycles. The van der Waals surface area contributed by atoms with Crippen LogP contribution in [-0.4, -0.2) is 23.5 Å². The Kier molecular flexibility index (Phi) is 8.31. The third-order valence-electron chi connectivity index (χ3n) is 4.94. The van der Waals surface area contributed by atoms with Gasteiger partial charge in [-0.15, -0.1) is 0 Å². The first-order valence-electron chi connectivity index (χ1n) is 10.0. The molecule has 1 heterocycles. The van der Waals surface area contributed by atoms with Crippen LogP contribution in [0.15, 0.2) is 42.6 Å². The van der Waals surface area contributed by atoms with Crippen LogP contribution in [0, 0.1) is 5.92 Å². The standard InChI is InChI=1S/C23H32N2O2/c1-5-8-18(6-2)17(4)25-23(26)15-21-12-9-20(16-24-21)19-10-13-22(14-11-19)27-7-3/h9-14,16-18H,5-8,15H2,1-4H3,(H,25,26)/t17-,18?/m1/s1. The zero-order valence-electron chi connectivity index (χ0n) is 17.0. The molecule has 2 rings (SSSR count). The number of hydrogen-bond acceptors (Lipinski definition) is 3. The molecule has 0 saturated carbocycles. The van der Waals surface area contributed by atoms with Gasteiger partial charge in [0.25, 0.3) is 0 Å². The molecule has 1 amide bonds. The van der Waals surface area contributed by atoms with Crippen molar-refractivity contribution in [1.29, 1.82) is 0 Å². The number of amides is 1. The lowest BCUT2D eigenvalue weighted by Crippen LogP contribution is -2.38. The van der Waals surface area contributed by atoms with Crippen LogP contribution in [0.2, 0.25) is 0 Å². The van der Waals surface area contributed by atoms with Crippen molar-refractivity contribution in [2.45, 2.75) is 59.4 Å². The van der Waals surface area contributed by atoms with Crippen LogP contribution in [0.25, 0.3) is 11.1 Å². The second-order valence-corrected chi connectivity index (χ2v) is 6.99. The van der Waals surface area contributed by atoms with E-state index in [1.54, 1.807) is 0 Å². The zero-order valence-corrected chi connectivity index (χ0v) is 17.0. The highest BCUT2D eigenvalue weighted by molar-refractivity contribution is 5.78. The first-order chi connectivity index (χ1) is 13.1. The van der Waals surface area contributed by atoms with E-state index < -0.39 is 0 Å². The van der Waals surface area contributed by atoms with Gasteiger partial charge in [-0.2, -0.15) is 0 Å². The third kappa shape index (κ3) is 6.38. The number of pyridine rings is 1. The smallest absolute Gasteiger partial charge is 0.226 e. The lowest BCUT2D eigenvalue weighted by atomic mass is 9.93. The van der Waals surface area contributed by atoms with E-state index in [-0.39, 0.29) is 11.9 Å². The molecule has 0 bridgehead atoms. The number of ether oxygens (including phenoxy) is 1. The van der Waals surface area contributed by atoms with Gasteiger partial charge in [-0.3, -0.25) is 9.78 Å². The van der Waals surface area contributed by atoms with Crippen molar-refractivity contribution in [2.75, 3.05) is 6.61 Å². The molecule has 0 aliphatic rings. The fourth-order valence-corrected chi connectivity index (χ4v) is 3.38. The fraction of sp³-hybridized carbons (Fsp3) is 0.478. The Morgan fingerprint density at radius 2 is 1.78 bits per heavy atom. The molecular weight excluding hydrogens is 336 g/mol. The Labute approximate surface area is 163 Å². The van der Waals surface area contributed by atoms with Gasteiger partial charge in [-0.05, 0) is 49.9 Å². The zero-order chi connectivity index (χ0) is 19.6. The average Bonchev–Trinajstić information content (AvgIpc) is 2.67. The Balaban J connectivity index is 1.93. The minimum absolute atomic E-state index is 0.0402. The molecule has 0 spiro atoms. The molecule has 1 aromatic heterocycles. The topological polar surface area (TPSA) is 51.2 Å². The molecular formula is C23H32N2O2. The lowest BCUT2D eigenvalue weighted by Gasteiger charge is -2.23. The van der Waals surface area contributed by atoms with Gasteiger partial charge in [0.05, 0.1) is 13.0 Å². The number of nitrogens with zero attached hydrogens (tertiary/aromatic N) is 1. The molecule has 2 aromatic rings. The third-order valence-corrected chi connectivity index (χ3v) is 4.94. The summed E-state index contributed by atoms with van der Waals surface area (Å²) < 4.78 is 5.47. The van der Waals surface area contributed by atoms with Gasteiger partial charge in [-0.25, -0.2) is 0 Å². The van der Waals surface area contributed by atoms with Gasteiger partial charge in [0.15, 0.2) is 0 Å². The minimum atomic E-state index is 0.0402. The highest BCUT2D eigenvalue weighted by Crippen LogP contribution is 2.22. The second kappa shape index (κ2) is 10.7. The van der Waals surface area contributed by atoms with Crippen molar-refractivity contribution in [3.63, 3.8) is 0 Å². The molecule has 1 N–H and O–H groups in total. The van der Waals surface area contributed by atoms with Crippen molar-refractivity contribution in [1.82, 2.24) is 10.3 Å². The van der Waals surface area contributed by atoms with Crippen LogP contribution >= 0.6 is 0 Å². The maximum absolute atomic E-state index is 12.3. The van der Waals surface area contributed by atoms with Crippen LogP contribution in [-0.2, 0) is 11.2 Å². The molecule has 0 aliphatic carbocycles. The summed E-state index contributed by atoms with van der Waals surface area (Å²) in [7, 11) is 0. The Hall–Kier alpha value is -2.36. The largest absolute Gasteiger partial charge is 0.494 e. The Bertz CT molecular complexity index is 695. The summed E-state index contributed by atoms with van der Waals surface area (Å²) in [5, 5.41) is 3.14. The number of rotatable bonds is 10. The van der Waals surface area contributed by atoms with E-state index in [0.29, 0.717) is 18.9 Å². The maximum atomic E-state index is 12.3. The summed E-state index contributed by atoms with van der Waals surface area (Å²) in [6.07, 6.45) is 5.52. The van der Waals surface area contributed by atoms with Gasteiger partial charge >= 0.3 is 0 Å². The number of carbonyl (C=O) groups is 1. The fourth-order valence-electron chi connectivity index (χ4n) is 3.38. The van der Waals surface area contributed by atoms with Crippen molar-refractivity contribution in [3.05, 3.63) is 48.3 Å². The highest BCUT2D eigenvalue weighted by atomic mass is 16.5. The van der Waals surface area contributed by atoms with Gasteiger partial charge in [0.1, 0.15) is 5.75 Å². The van der Waals surface area contributed by atoms with E-state index in [2.05, 4.69) is 31.1 Å². The van der Waals surface area contributed by atoms with E-state index in [0.717, 1.165) is 41.8 Å². The van der Waals surface area contributed by atoms with Crippen molar-refractivity contribution in [3.8, 4) is 16.9 Å². The molecule has 2 atom stereocenters. The van der Waals surface area contributed by atoms with E-state index in [1.807, 2.05) is 49.5 Å². The van der Waals surface area contributed by atoms with E-state index in [4.69, 9.17) is 4.74 Å². The first kappa shape index (κ1) is 20.9. The van der Waals surface area contributed by atoms with Gasteiger partial charge in [0.2, 0.25) is 5.91 Å². The molecule has 0 radical (unpaired) electrons. The SMILES string of the molecule is CCCC(CC)[C@@H](C)NC(=O)Cc1ccc(-c2ccc(OCC)cc2)cn1. The van der Waals surface area contributed by atoms with Crippen LogP contribution in [0.4, 0.5) is 0 Å². The van der Waals surface area contributed by atoms with E-state index in [1.165, 1.54) is 0 Å². The molecule has 0 saturated heterocycles. The number of nitrogens with one attached hydrogen (secondary N) is 1. The molecule has 0 fully saturated rings. The average molecular weight is 369 g/mol. The summed E-state index contributed by atoms with van der Waals surface area (Å²) in [6, 6.07) is 12.1. The minimum Gasteiger partial charge on any atom is -0.494 e. The summed E-state index contributed by atoms with van der Waals surface area (Å²) in [5.41, 5.74) is 2.91. The summed E-state index contributed by atoms with van der Waals surface area (Å²) in [4.78, 5) is 16.8. The number of hydrogen-bond donors (Lipinski definition) is 1. The van der Waals surface area contributed by atoms with E-state index in [9.17, 15) is 4.79 Å². The molecule has 0 aliphatic heterocycles. The Morgan fingerprint density at radius 3 is 2.33 bits per heavy atom. The monoisotopic (exact) mass is 368 g/mol. The van der Waals surface area contributed by atoms with Gasteiger partial charge < -0.3 is 10.1 Å². The predicted molar refractivity (Wildman–Crippen MR) is 111 cm³/mol. The van der Waals surface area contributed by atoms with E-state index >= 15 is 0 Å². The quantitative estimate of drug-likeness (QED) is 0.640. The number of benzene rings is 1. The van der Waals surface area contributed by atoms with Crippen molar-refractivity contribution >= 4 is 5.91 Å². The van der Waals surface area contributed by atoms with Gasteiger partial charge in [0, 0.05) is 23.5 Å². The van der Waals surface area contributed by atoms with Crippen LogP contribution < -0.4 is 10.1 Å². The maximum Gasteiger partial charge on any atom is 0.226 e. The predicted octanol–water partition coefficient (Wildman–Crippen LogP) is 5.02. The molecule has 4 nitrogen and oxygen atoms in total. The summed E-state index contributed by atoms with van der Waals surface area (Å²) >= 11 is 0. The molecule has 146 valence electrons. The van der Waals surface area contributed by atoms with Crippen molar-refractivity contribution < 1.29 is 9.53 Å². The summed E-state index contributed by atoms with van der Waals surface area (Å²) in [6.45, 7) is 9.11. The second-order valence-electron chi connectivity index (χ2n) is 6.99. The number of carbonyl (C=O) groups excluding carboxylic acids is 1. The highest BCUT2D eigenvalue weighted by Gasteiger charge is 2.17. The van der Waals surface area contributed by atoms with Gasteiger partial charge in [-0.1, -0.05) is 44.9 Å². The molecule has 1 unspecified atom stereocenters.